The third kappa shape index (κ3) is 4.14. The minimum absolute atomic E-state index is 0.148. The van der Waals surface area contributed by atoms with Gasteiger partial charge in [-0.05, 0) is 0 Å². The van der Waals surface area contributed by atoms with Gasteiger partial charge in [0.05, 0.1) is 0 Å². The Hall–Kier alpha value is -0.581. The quantitative estimate of drug-likeness (QED) is 0.426. The standard InChI is InChI=1S/C8H6FN2.3C4H9.Sn/c1-6-2-4-11-5-3-10-8(11)7(6)9;3*1-3-4-2;/h2-4H,1H3;3*1,3-4H2,2H3;. The van der Waals surface area contributed by atoms with Crippen molar-refractivity contribution in [2.75, 3.05) is 0 Å². The van der Waals surface area contributed by atoms with E-state index in [1.54, 1.807) is 0 Å². The van der Waals surface area contributed by atoms with Crippen LogP contribution in [0.1, 0.15) is 64.9 Å². The molecule has 0 saturated heterocycles. The van der Waals surface area contributed by atoms with Gasteiger partial charge in [0.2, 0.25) is 0 Å². The summed E-state index contributed by atoms with van der Waals surface area (Å²) in [6.45, 7) is 8.68. The van der Waals surface area contributed by atoms with Crippen LogP contribution in [-0.4, -0.2) is 27.8 Å². The summed E-state index contributed by atoms with van der Waals surface area (Å²) in [5, 5.41) is 0. The maximum atomic E-state index is 14.5. The number of nitrogens with zero attached hydrogens (tertiary/aromatic N) is 2. The van der Waals surface area contributed by atoms with E-state index in [-0.39, 0.29) is 5.82 Å². The van der Waals surface area contributed by atoms with Gasteiger partial charge in [0, 0.05) is 0 Å². The molecule has 134 valence electrons. The van der Waals surface area contributed by atoms with Crippen LogP contribution in [0.15, 0.2) is 18.5 Å². The Bertz CT molecular complexity index is 629. The number of unbranched alkanes of at least 4 members (excludes halogenated alkanes) is 3. The molecule has 0 aliphatic carbocycles. The van der Waals surface area contributed by atoms with Crippen molar-refractivity contribution in [2.45, 2.75) is 79.5 Å². The molecular formula is C20H33FN2Sn. The number of hydrogen-bond acceptors (Lipinski definition) is 1. The van der Waals surface area contributed by atoms with E-state index >= 15 is 0 Å². The van der Waals surface area contributed by atoms with Crippen molar-refractivity contribution < 1.29 is 4.39 Å². The Morgan fingerprint density at radius 1 is 1.00 bits per heavy atom. The van der Waals surface area contributed by atoms with E-state index in [0.29, 0.717) is 11.2 Å². The van der Waals surface area contributed by atoms with Crippen LogP contribution in [-0.2, 0) is 0 Å². The Balaban J connectivity index is 2.53. The molecular weight excluding hydrogens is 406 g/mol. The second kappa shape index (κ2) is 9.21. The van der Waals surface area contributed by atoms with Crippen molar-refractivity contribution in [1.82, 2.24) is 9.38 Å². The molecule has 2 nitrogen and oxygen atoms in total. The van der Waals surface area contributed by atoms with Crippen molar-refractivity contribution in [2.24, 2.45) is 0 Å². The molecule has 0 N–H and O–H groups in total. The molecule has 0 aliphatic rings. The van der Waals surface area contributed by atoms with Crippen LogP contribution in [0.3, 0.4) is 0 Å². The number of aromatic nitrogens is 2. The van der Waals surface area contributed by atoms with Gasteiger partial charge in [0.25, 0.3) is 0 Å². The van der Waals surface area contributed by atoms with E-state index in [1.807, 2.05) is 19.2 Å². The molecule has 0 spiro atoms. The van der Waals surface area contributed by atoms with E-state index in [9.17, 15) is 4.39 Å². The van der Waals surface area contributed by atoms with Gasteiger partial charge in [-0.25, -0.2) is 0 Å². The van der Waals surface area contributed by atoms with Crippen molar-refractivity contribution in [3.8, 4) is 0 Å². The predicted molar refractivity (Wildman–Crippen MR) is 104 cm³/mol. The van der Waals surface area contributed by atoms with Gasteiger partial charge in [-0.15, -0.1) is 0 Å². The third-order valence-corrected chi connectivity index (χ3v) is 20.8. The third-order valence-electron chi connectivity index (χ3n) is 5.38. The Kier molecular flexibility index (Phi) is 7.57. The zero-order valence-corrected chi connectivity index (χ0v) is 18.7. The fourth-order valence-electron chi connectivity index (χ4n) is 3.81. The van der Waals surface area contributed by atoms with Crippen molar-refractivity contribution >= 4 is 27.7 Å². The van der Waals surface area contributed by atoms with Gasteiger partial charge in [-0.3, -0.25) is 0 Å². The number of aryl methyl sites for hydroxylation is 1. The normalized spacial score (nSPS) is 12.2. The summed E-state index contributed by atoms with van der Waals surface area (Å²) >= 11 is -2.57. The predicted octanol–water partition coefficient (Wildman–Crippen LogP) is 5.84. The van der Waals surface area contributed by atoms with Gasteiger partial charge < -0.3 is 0 Å². The molecule has 2 aromatic heterocycles. The molecule has 24 heavy (non-hydrogen) atoms. The van der Waals surface area contributed by atoms with E-state index in [0.717, 1.165) is 0 Å². The zero-order valence-electron chi connectivity index (χ0n) is 15.9. The molecule has 4 heteroatoms. The first-order valence-electron chi connectivity index (χ1n) is 9.72. The van der Waals surface area contributed by atoms with Crippen LogP contribution in [0.25, 0.3) is 5.65 Å². The summed E-state index contributed by atoms with van der Waals surface area (Å²) in [5.41, 5.74) is 1.23. The monoisotopic (exact) mass is 440 g/mol. The van der Waals surface area contributed by atoms with Crippen LogP contribution in [0.5, 0.6) is 0 Å². The van der Waals surface area contributed by atoms with Gasteiger partial charge in [0.1, 0.15) is 0 Å². The number of hydrogen-bond donors (Lipinski definition) is 0. The molecule has 0 atom stereocenters. The number of halogens is 1. The second-order valence-corrected chi connectivity index (χ2v) is 20.3. The summed E-state index contributed by atoms with van der Waals surface area (Å²) in [7, 11) is 0. The van der Waals surface area contributed by atoms with Crippen LogP contribution < -0.4 is 3.71 Å². The van der Waals surface area contributed by atoms with Crippen LogP contribution >= 0.6 is 0 Å². The molecule has 0 aromatic carbocycles. The van der Waals surface area contributed by atoms with Crippen LogP contribution in [0, 0.1) is 12.7 Å². The average Bonchev–Trinajstić information content (AvgIpc) is 3.03. The summed E-state index contributed by atoms with van der Waals surface area (Å²) in [5.74, 6) is -0.148. The first-order valence-corrected chi connectivity index (χ1v) is 17.2. The molecule has 2 heterocycles. The van der Waals surface area contributed by atoms with Gasteiger partial charge in [-0.2, -0.15) is 0 Å². The molecule has 0 bridgehead atoms. The maximum absolute atomic E-state index is 14.5. The van der Waals surface area contributed by atoms with Crippen molar-refractivity contribution in [1.29, 1.82) is 0 Å². The Morgan fingerprint density at radius 3 is 2.04 bits per heavy atom. The van der Waals surface area contributed by atoms with Gasteiger partial charge in [-0.1, -0.05) is 0 Å². The molecule has 0 fully saturated rings. The zero-order chi connectivity index (χ0) is 17.6. The van der Waals surface area contributed by atoms with E-state index in [2.05, 4.69) is 36.4 Å². The molecule has 2 rings (SSSR count). The minimum atomic E-state index is -2.57. The first kappa shape index (κ1) is 19.7. The average molecular weight is 439 g/mol. The number of rotatable bonds is 10. The Morgan fingerprint density at radius 2 is 1.54 bits per heavy atom. The van der Waals surface area contributed by atoms with Gasteiger partial charge in [0.15, 0.2) is 0 Å². The number of fused-ring (bicyclic) bond motifs is 1. The molecule has 0 amide bonds. The molecule has 0 unspecified atom stereocenters. The van der Waals surface area contributed by atoms with E-state index < -0.39 is 18.4 Å². The fourth-order valence-corrected chi connectivity index (χ4v) is 19.9. The van der Waals surface area contributed by atoms with Crippen molar-refractivity contribution in [3.63, 3.8) is 0 Å². The first-order chi connectivity index (χ1) is 11.6. The molecule has 2 aromatic rings. The summed E-state index contributed by atoms with van der Waals surface area (Å²) in [6, 6.07) is 1.91. The number of pyridine rings is 1. The summed E-state index contributed by atoms with van der Waals surface area (Å²) in [6.07, 6.45) is 11.8. The Labute approximate surface area is 150 Å². The fraction of sp³-hybridized carbons (Fsp3) is 0.650. The van der Waals surface area contributed by atoms with Crippen molar-refractivity contribution in [3.05, 3.63) is 29.8 Å². The van der Waals surface area contributed by atoms with Gasteiger partial charge >= 0.3 is 151 Å². The van der Waals surface area contributed by atoms with Crippen LogP contribution in [0.4, 0.5) is 4.39 Å². The molecule has 0 aliphatic heterocycles. The topological polar surface area (TPSA) is 17.3 Å². The number of imidazole rings is 1. The van der Waals surface area contributed by atoms with Crippen LogP contribution in [0.2, 0.25) is 13.3 Å². The molecule has 0 radical (unpaired) electrons. The SMILES string of the molecule is CCC[CH2][Sn]([CH2]CCC)([CH2]CCC)[c]1cnc2c(F)c(C)ccn12. The molecule has 0 saturated carbocycles. The second-order valence-electron chi connectivity index (χ2n) is 7.24. The van der Waals surface area contributed by atoms with E-state index in [1.165, 1.54) is 55.5 Å². The van der Waals surface area contributed by atoms with E-state index in [4.69, 9.17) is 0 Å². The summed E-state index contributed by atoms with van der Waals surface area (Å²) in [4.78, 5) is 4.51. The summed E-state index contributed by atoms with van der Waals surface area (Å²) < 4.78 is 22.2.